The van der Waals surface area contributed by atoms with Crippen LogP contribution in [0.4, 0.5) is 11.5 Å². The molecule has 0 saturated carbocycles. The molecular formula is C15H28N4O. The molecule has 0 aliphatic heterocycles. The topological polar surface area (TPSA) is 63.4 Å². The van der Waals surface area contributed by atoms with Gasteiger partial charge < -0.3 is 20.7 Å². The van der Waals surface area contributed by atoms with Crippen molar-refractivity contribution in [2.24, 2.45) is 5.92 Å². The van der Waals surface area contributed by atoms with E-state index < -0.39 is 0 Å². The lowest BCUT2D eigenvalue weighted by Gasteiger charge is -2.32. The molecule has 0 atom stereocenters. The summed E-state index contributed by atoms with van der Waals surface area (Å²) in [5, 5.41) is 3.33. The highest BCUT2D eigenvalue weighted by molar-refractivity contribution is 5.53. The second kappa shape index (κ2) is 6.79. The average molecular weight is 280 g/mol. The maximum atomic E-state index is 5.88. The second-order valence-electron chi connectivity index (χ2n) is 6.36. The molecule has 0 radical (unpaired) electrons. The Kier molecular flexibility index (Phi) is 5.62. The van der Waals surface area contributed by atoms with Gasteiger partial charge in [-0.3, -0.25) is 0 Å². The number of aromatic nitrogens is 1. The molecule has 0 aromatic carbocycles. The minimum atomic E-state index is 0.0437. The summed E-state index contributed by atoms with van der Waals surface area (Å²) in [5.74, 6) is 1.74. The summed E-state index contributed by atoms with van der Waals surface area (Å²) in [4.78, 5) is 6.60. The molecular weight excluding hydrogens is 252 g/mol. The quantitative estimate of drug-likeness (QED) is 0.803. The first-order valence-electron chi connectivity index (χ1n) is 7.03. The van der Waals surface area contributed by atoms with E-state index >= 15 is 0 Å². The molecule has 0 amide bonds. The third-order valence-electron chi connectivity index (χ3n) is 3.36. The number of ether oxygens (including phenoxy) is 1. The fraction of sp³-hybridized carbons (Fsp3) is 0.667. The molecule has 20 heavy (non-hydrogen) atoms. The monoisotopic (exact) mass is 280 g/mol. The zero-order valence-corrected chi connectivity index (χ0v) is 13.5. The minimum Gasteiger partial charge on any atom is -0.476 e. The van der Waals surface area contributed by atoms with E-state index in [1.54, 1.807) is 0 Å². The molecule has 1 aromatic rings. The van der Waals surface area contributed by atoms with Crippen LogP contribution >= 0.6 is 0 Å². The number of anilines is 2. The van der Waals surface area contributed by atoms with Gasteiger partial charge in [0.2, 0.25) is 5.88 Å². The number of pyridine rings is 1. The molecule has 1 rings (SSSR count). The SMILES string of the molecule is CC(C)COc1nc(NCC(C)(C)N(C)C)ccc1N. The largest absolute Gasteiger partial charge is 0.476 e. The Balaban J connectivity index is 2.70. The van der Waals surface area contributed by atoms with Crippen molar-refractivity contribution >= 4 is 11.5 Å². The van der Waals surface area contributed by atoms with Crippen molar-refractivity contribution in [3.8, 4) is 5.88 Å². The van der Waals surface area contributed by atoms with Gasteiger partial charge in [-0.1, -0.05) is 13.8 Å². The van der Waals surface area contributed by atoms with Crippen LogP contribution in [-0.2, 0) is 0 Å². The fourth-order valence-electron chi connectivity index (χ4n) is 1.38. The van der Waals surface area contributed by atoms with Crippen LogP contribution in [0.25, 0.3) is 0 Å². The van der Waals surface area contributed by atoms with E-state index in [1.165, 1.54) is 0 Å². The van der Waals surface area contributed by atoms with Gasteiger partial charge in [0, 0.05) is 12.1 Å². The number of nitrogens with two attached hydrogens (primary N) is 1. The highest BCUT2D eigenvalue weighted by Gasteiger charge is 2.20. The Hall–Kier alpha value is -1.49. The van der Waals surface area contributed by atoms with E-state index in [-0.39, 0.29) is 5.54 Å². The van der Waals surface area contributed by atoms with Gasteiger partial charge in [-0.05, 0) is 46.0 Å². The molecule has 0 fully saturated rings. The molecule has 114 valence electrons. The van der Waals surface area contributed by atoms with E-state index in [2.05, 4.69) is 57.0 Å². The van der Waals surface area contributed by atoms with Crippen LogP contribution in [0.15, 0.2) is 12.1 Å². The fourth-order valence-corrected chi connectivity index (χ4v) is 1.38. The zero-order chi connectivity index (χ0) is 15.3. The molecule has 3 N–H and O–H groups in total. The summed E-state index contributed by atoms with van der Waals surface area (Å²) in [6.07, 6.45) is 0. The van der Waals surface area contributed by atoms with Crippen molar-refractivity contribution in [3.05, 3.63) is 12.1 Å². The summed E-state index contributed by atoms with van der Waals surface area (Å²) in [6, 6.07) is 3.71. The average Bonchev–Trinajstić information content (AvgIpc) is 2.36. The van der Waals surface area contributed by atoms with E-state index in [1.807, 2.05) is 12.1 Å². The second-order valence-corrected chi connectivity index (χ2v) is 6.36. The summed E-state index contributed by atoms with van der Waals surface area (Å²) >= 11 is 0. The Morgan fingerprint density at radius 2 is 2.00 bits per heavy atom. The normalized spacial score (nSPS) is 12.0. The zero-order valence-electron chi connectivity index (χ0n) is 13.5. The van der Waals surface area contributed by atoms with Crippen molar-refractivity contribution in [1.82, 2.24) is 9.88 Å². The predicted octanol–water partition coefficient (Wildman–Crippen LogP) is 2.45. The van der Waals surface area contributed by atoms with Crippen LogP contribution in [-0.4, -0.2) is 42.7 Å². The molecule has 0 bridgehead atoms. The van der Waals surface area contributed by atoms with Crippen LogP contribution in [0, 0.1) is 5.92 Å². The first-order valence-corrected chi connectivity index (χ1v) is 7.03. The van der Waals surface area contributed by atoms with Crippen LogP contribution in [0.3, 0.4) is 0 Å². The highest BCUT2D eigenvalue weighted by Crippen LogP contribution is 2.22. The van der Waals surface area contributed by atoms with E-state index in [0.29, 0.717) is 24.1 Å². The molecule has 0 aliphatic rings. The van der Waals surface area contributed by atoms with Gasteiger partial charge in [0.05, 0.1) is 12.3 Å². The van der Waals surface area contributed by atoms with E-state index in [4.69, 9.17) is 10.5 Å². The molecule has 1 aromatic heterocycles. The van der Waals surface area contributed by atoms with Crippen LogP contribution < -0.4 is 15.8 Å². The summed E-state index contributed by atoms with van der Waals surface area (Å²) in [5.41, 5.74) is 6.50. The van der Waals surface area contributed by atoms with Gasteiger partial charge in [-0.25, -0.2) is 0 Å². The molecule has 5 heteroatoms. The van der Waals surface area contributed by atoms with Crippen molar-refractivity contribution in [3.63, 3.8) is 0 Å². The molecule has 5 nitrogen and oxygen atoms in total. The predicted molar refractivity (Wildman–Crippen MR) is 85.2 cm³/mol. The Bertz CT molecular complexity index is 430. The van der Waals surface area contributed by atoms with Crippen molar-refractivity contribution in [2.75, 3.05) is 38.3 Å². The molecule has 0 aliphatic carbocycles. The number of rotatable bonds is 7. The summed E-state index contributed by atoms with van der Waals surface area (Å²) in [6.45, 7) is 9.95. The van der Waals surface area contributed by atoms with Crippen molar-refractivity contribution in [1.29, 1.82) is 0 Å². The first-order chi connectivity index (χ1) is 9.22. The molecule has 0 spiro atoms. The Morgan fingerprint density at radius 1 is 1.35 bits per heavy atom. The lowest BCUT2D eigenvalue weighted by Crippen LogP contribution is -2.44. The smallest absolute Gasteiger partial charge is 0.239 e. The number of hydrogen-bond donors (Lipinski definition) is 2. The van der Waals surface area contributed by atoms with Crippen LogP contribution in [0.5, 0.6) is 5.88 Å². The van der Waals surface area contributed by atoms with Gasteiger partial charge in [-0.15, -0.1) is 0 Å². The number of likely N-dealkylation sites (N-methyl/N-ethyl adjacent to an activating group) is 1. The Morgan fingerprint density at radius 3 is 2.55 bits per heavy atom. The number of nitrogens with zero attached hydrogens (tertiary/aromatic N) is 2. The standard InChI is InChI=1S/C15H28N4O/c1-11(2)9-20-14-12(16)7-8-13(18-14)17-10-15(3,4)19(5)6/h7-8,11H,9-10,16H2,1-6H3,(H,17,18). The molecule has 0 saturated heterocycles. The van der Waals surface area contributed by atoms with Crippen LogP contribution in [0.2, 0.25) is 0 Å². The van der Waals surface area contributed by atoms with E-state index in [9.17, 15) is 0 Å². The third kappa shape index (κ3) is 4.89. The maximum absolute atomic E-state index is 5.88. The van der Waals surface area contributed by atoms with Gasteiger partial charge >= 0.3 is 0 Å². The van der Waals surface area contributed by atoms with Crippen molar-refractivity contribution < 1.29 is 4.74 Å². The highest BCUT2D eigenvalue weighted by atomic mass is 16.5. The van der Waals surface area contributed by atoms with Gasteiger partial charge in [0.1, 0.15) is 5.82 Å². The third-order valence-corrected chi connectivity index (χ3v) is 3.36. The molecule has 0 unspecified atom stereocenters. The summed E-state index contributed by atoms with van der Waals surface area (Å²) in [7, 11) is 4.13. The maximum Gasteiger partial charge on any atom is 0.239 e. The first kappa shape index (κ1) is 16.6. The number of hydrogen-bond acceptors (Lipinski definition) is 5. The Labute approximate surface area is 122 Å². The van der Waals surface area contributed by atoms with Gasteiger partial charge in [0.25, 0.3) is 0 Å². The van der Waals surface area contributed by atoms with Crippen molar-refractivity contribution in [2.45, 2.75) is 33.2 Å². The lowest BCUT2D eigenvalue weighted by atomic mass is 10.0. The van der Waals surface area contributed by atoms with E-state index in [0.717, 1.165) is 12.4 Å². The summed E-state index contributed by atoms with van der Waals surface area (Å²) < 4.78 is 5.63. The number of nitrogens with one attached hydrogen (secondary N) is 1. The number of nitrogen functional groups attached to an aromatic ring is 1. The minimum absolute atomic E-state index is 0.0437. The lowest BCUT2D eigenvalue weighted by molar-refractivity contribution is 0.210. The van der Waals surface area contributed by atoms with Gasteiger partial charge in [-0.2, -0.15) is 4.98 Å². The van der Waals surface area contributed by atoms with Crippen LogP contribution in [0.1, 0.15) is 27.7 Å². The van der Waals surface area contributed by atoms with Gasteiger partial charge in [0.15, 0.2) is 0 Å². The molecule has 1 heterocycles.